The number of rotatable bonds is 5. The van der Waals surface area contributed by atoms with Gasteiger partial charge in [0.25, 0.3) is 0 Å². The summed E-state index contributed by atoms with van der Waals surface area (Å²) in [5.74, 6) is -1.63. The summed E-state index contributed by atoms with van der Waals surface area (Å²) in [4.78, 5) is 11.4. The molecule has 1 heterocycles. The van der Waals surface area contributed by atoms with Gasteiger partial charge in [0.05, 0.1) is 17.9 Å². The molecular formula is C15H17FN2O3. The zero-order chi connectivity index (χ0) is 15.6. The van der Waals surface area contributed by atoms with E-state index in [0.717, 1.165) is 6.07 Å². The molecule has 0 fully saturated rings. The van der Waals surface area contributed by atoms with E-state index >= 15 is 0 Å². The van der Waals surface area contributed by atoms with Crippen LogP contribution in [0.4, 0.5) is 4.39 Å². The minimum Gasteiger partial charge on any atom is -0.492 e. The molecule has 0 saturated carbocycles. The van der Waals surface area contributed by atoms with Crippen LogP contribution in [-0.2, 0) is 0 Å². The van der Waals surface area contributed by atoms with Gasteiger partial charge in [-0.05, 0) is 32.4 Å². The lowest BCUT2D eigenvalue weighted by Gasteiger charge is -2.15. The molecule has 2 aromatic rings. The molecule has 5 nitrogen and oxygen atoms in total. The molecule has 1 aromatic heterocycles. The van der Waals surface area contributed by atoms with E-state index in [0.29, 0.717) is 30.0 Å². The van der Waals surface area contributed by atoms with Gasteiger partial charge in [0.15, 0.2) is 0 Å². The summed E-state index contributed by atoms with van der Waals surface area (Å²) in [6.07, 6.45) is 0.693. The van der Waals surface area contributed by atoms with Crippen molar-refractivity contribution in [3.8, 4) is 16.9 Å². The van der Waals surface area contributed by atoms with Crippen molar-refractivity contribution in [2.75, 3.05) is 6.61 Å². The molecule has 0 radical (unpaired) electrons. The van der Waals surface area contributed by atoms with Gasteiger partial charge in [0.1, 0.15) is 17.1 Å². The fraction of sp³-hybridized carbons (Fsp3) is 0.333. The molecule has 0 unspecified atom stereocenters. The Labute approximate surface area is 121 Å². The van der Waals surface area contributed by atoms with Crippen LogP contribution in [0.5, 0.6) is 5.75 Å². The summed E-state index contributed by atoms with van der Waals surface area (Å²) in [5, 5.41) is 16.1. The lowest BCUT2D eigenvalue weighted by atomic mass is 9.99. The molecule has 0 aliphatic heterocycles. The van der Waals surface area contributed by atoms with Crippen molar-refractivity contribution in [1.29, 1.82) is 0 Å². The molecule has 2 N–H and O–H groups in total. The van der Waals surface area contributed by atoms with Gasteiger partial charge in [-0.3, -0.25) is 5.10 Å². The molecule has 0 spiro atoms. The number of carboxylic acid groups (broad SMARTS) is 1. The summed E-state index contributed by atoms with van der Waals surface area (Å²) in [6, 6.07) is 2.36. The summed E-state index contributed by atoms with van der Waals surface area (Å²) in [6.45, 7) is 5.70. The molecule has 0 aliphatic carbocycles. The van der Waals surface area contributed by atoms with Gasteiger partial charge in [0.2, 0.25) is 0 Å². The number of carbonyl (C=O) groups is 1. The molecule has 112 valence electrons. The third-order valence-electron chi connectivity index (χ3n) is 3.17. The first-order valence-corrected chi connectivity index (χ1v) is 6.67. The van der Waals surface area contributed by atoms with Crippen LogP contribution < -0.4 is 4.74 Å². The van der Waals surface area contributed by atoms with Crippen LogP contribution >= 0.6 is 0 Å². The van der Waals surface area contributed by atoms with E-state index in [-0.39, 0.29) is 16.9 Å². The second-order valence-corrected chi connectivity index (χ2v) is 4.76. The first-order valence-electron chi connectivity index (χ1n) is 6.67. The Kier molecular flexibility index (Phi) is 4.26. The van der Waals surface area contributed by atoms with E-state index in [9.17, 15) is 14.3 Å². The zero-order valence-corrected chi connectivity index (χ0v) is 12.2. The maximum absolute atomic E-state index is 14.3. The summed E-state index contributed by atoms with van der Waals surface area (Å²) < 4.78 is 19.9. The molecule has 0 atom stereocenters. The number of halogens is 1. The van der Waals surface area contributed by atoms with Crippen LogP contribution in [0.15, 0.2) is 12.1 Å². The third kappa shape index (κ3) is 2.74. The molecule has 2 rings (SSSR count). The quantitative estimate of drug-likeness (QED) is 0.886. The van der Waals surface area contributed by atoms with Crippen molar-refractivity contribution in [2.24, 2.45) is 0 Å². The Balaban J connectivity index is 2.73. The molecule has 6 heteroatoms. The Bertz CT molecular complexity index is 660. The van der Waals surface area contributed by atoms with Crippen LogP contribution in [0.2, 0.25) is 0 Å². The standard InChI is InChI=1S/C15H17FN2O3/c1-4-7-21-14-10(15(19)20)5-6-11(16)13(14)12-8(2)17-18-9(12)3/h5-6H,4,7H2,1-3H3,(H,17,18)(H,19,20). The minimum absolute atomic E-state index is 0.0527. The van der Waals surface area contributed by atoms with Gasteiger partial charge in [-0.2, -0.15) is 5.10 Å². The summed E-state index contributed by atoms with van der Waals surface area (Å²) in [7, 11) is 0. The van der Waals surface area contributed by atoms with Gasteiger partial charge in [-0.1, -0.05) is 6.92 Å². The minimum atomic E-state index is -1.15. The number of nitrogens with zero attached hydrogens (tertiary/aromatic N) is 1. The number of H-pyrrole nitrogens is 1. The zero-order valence-electron chi connectivity index (χ0n) is 12.2. The van der Waals surface area contributed by atoms with Crippen molar-refractivity contribution < 1.29 is 19.0 Å². The van der Waals surface area contributed by atoms with Crippen LogP contribution in [0, 0.1) is 19.7 Å². The molecular weight excluding hydrogens is 275 g/mol. The van der Waals surface area contributed by atoms with E-state index in [4.69, 9.17) is 4.74 Å². The van der Waals surface area contributed by atoms with Crippen LogP contribution in [0.1, 0.15) is 35.1 Å². The van der Waals surface area contributed by atoms with Gasteiger partial charge in [-0.25, -0.2) is 9.18 Å². The molecule has 1 aromatic carbocycles. The SMILES string of the molecule is CCCOc1c(C(=O)O)ccc(F)c1-c1c(C)n[nH]c1C. The molecule has 21 heavy (non-hydrogen) atoms. The predicted octanol–water partition coefficient (Wildman–Crippen LogP) is 3.32. The maximum Gasteiger partial charge on any atom is 0.339 e. The van der Waals surface area contributed by atoms with Gasteiger partial charge >= 0.3 is 5.97 Å². The Morgan fingerprint density at radius 1 is 1.38 bits per heavy atom. The highest BCUT2D eigenvalue weighted by Gasteiger charge is 2.24. The smallest absolute Gasteiger partial charge is 0.339 e. The normalized spacial score (nSPS) is 10.7. The van der Waals surface area contributed by atoms with E-state index in [1.807, 2.05) is 6.92 Å². The number of carboxylic acids is 1. The monoisotopic (exact) mass is 292 g/mol. The number of aromatic nitrogens is 2. The average molecular weight is 292 g/mol. The van der Waals surface area contributed by atoms with E-state index in [1.165, 1.54) is 6.07 Å². The fourth-order valence-corrected chi connectivity index (χ4v) is 2.23. The molecule has 0 aliphatic rings. The number of aromatic carboxylic acids is 1. The summed E-state index contributed by atoms with van der Waals surface area (Å²) in [5.41, 5.74) is 1.89. The Hall–Kier alpha value is -2.37. The topological polar surface area (TPSA) is 75.2 Å². The highest BCUT2D eigenvalue weighted by atomic mass is 19.1. The Morgan fingerprint density at radius 2 is 2.10 bits per heavy atom. The second-order valence-electron chi connectivity index (χ2n) is 4.76. The van der Waals surface area contributed by atoms with Gasteiger partial charge in [-0.15, -0.1) is 0 Å². The fourth-order valence-electron chi connectivity index (χ4n) is 2.23. The Morgan fingerprint density at radius 3 is 2.62 bits per heavy atom. The number of aromatic amines is 1. The number of aryl methyl sites for hydroxylation is 2. The number of nitrogens with one attached hydrogen (secondary N) is 1. The van der Waals surface area contributed by atoms with Crippen LogP contribution in [0.3, 0.4) is 0 Å². The first kappa shape index (κ1) is 15.0. The molecule has 0 bridgehead atoms. The van der Waals surface area contributed by atoms with E-state index in [2.05, 4.69) is 10.2 Å². The van der Waals surface area contributed by atoms with Gasteiger partial charge < -0.3 is 9.84 Å². The number of hydrogen-bond donors (Lipinski definition) is 2. The van der Waals surface area contributed by atoms with Crippen molar-refractivity contribution in [1.82, 2.24) is 10.2 Å². The van der Waals surface area contributed by atoms with Crippen molar-refractivity contribution in [3.63, 3.8) is 0 Å². The lowest BCUT2D eigenvalue weighted by Crippen LogP contribution is -2.07. The van der Waals surface area contributed by atoms with Crippen LogP contribution in [0.25, 0.3) is 11.1 Å². The molecule has 0 amide bonds. The first-order chi connectivity index (χ1) is 9.97. The predicted molar refractivity (Wildman–Crippen MR) is 76.2 cm³/mol. The second kappa shape index (κ2) is 5.95. The average Bonchev–Trinajstić information content (AvgIpc) is 2.76. The highest BCUT2D eigenvalue weighted by Crippen LogP contribution is 2.38. The largest absolute Gasteiger partial charge is 0.492 e. The number of ether oxygens (including phenoxy) is 1. The number of benzene rings is 1. The molecule has 0 saturated heterocycles. The number of hydrogen-bond acceptors (Lipinski definition) is 3. The summed E-state index contributed by atoms with van der Waals surface area (Å²) >= 11 is 0. The highest BCUT2D eigenvalue weighted by molar-refractivity contribution is 5.95. The van der Waals surface area contributed by atoms with Gasteiger partial charge in [0, 0.05) is 11.3 Å². The van der Waals surface area contributed by atoms with E-state index in [1.54, 1.807) is 13.8 Å². The lowest BCUT2D eigenvalue weighted by molar-refractivity contribution is 0.0692. The third-order valence-corrected chi connectivity index (χ3v) is 3.17. The van der Waals surface area contributed by atoms with Crippen molar-refractivity contribution in [2.45, 2.75) is 27.2 Å². The maximum atomic E-state index is 14.3. The van der Waals surface area contributed by atoms with Crippen molar-refractivity contribution >= 4 is 5.97 Å². The van der Waals surface area contributed by atoms with Crippen molar-refractivity contribution in [3.05, 3.63) is 34.9 Å². The van der Waals surface area contributed by atoms with E-state index < -0.39 is 11.8 Å². The van der Waals surface area contributed by atoms with Crippen LogP contribution in [-0.4, -0.2) is 27.9 Å².